The van der Waals surface area contributed by atoms with Crippen LogP contribution in [0, 0.1) is 11.3 Å². The minimum Gasteiger partial charge on any atom is -0.381 e. The summed E-state index contributed by atoms with van der Waals surface area (Å²) >= 11 is 0. The summed E-state index contributed by atoms with van der Waals surface area (Å²) in [6, 6.07) is 18.3. The first-order valence-corrected chi connectivity index (χ1v) is 6.64. The molecule has 0 atom stereocenters. The standard InChI is InChI=1S/C17H19N3/c1-20(2)13-14-6-8-17(9-7-14)19-12-16-5-3-4-15(10-16)11-18/h3-10,19H,12-13H2,1-2H3. The number of nitrogens with zero attached hydrogens (tertiary/aromatic N) is 2. The van der Waals surface area contributed by atoms with Crippen LogP contribution in [-0.2, 0) is 13.1 Å². The van der Waals surface area contributed by atoms with Crippen molar-refractivity contribution in [3.63, 3.8) is 0 Å². The summed E-state index contributed by atoms with van der Waals surface area (Å²) in [6.45, 7) is 1.67. The third-order valence-electron chi connectivity index (χ3n) is 3.01. The molecule has 0 heterocycles. The summed E-state index contributed by atoms with van der Waals surface area (Å²) in [5.41, 5.74) is 4.20. The van der Waals surface area contributed by atoms with Crippen molar-refractivity contribution in [3.05, 3.63) is 65.2 Å². The van der Waals surface area contributed by atoms with E-state index in [9.17, 15) is 0 Å². The number of nitriles is 1. The highest BCUT2D eigenvalue weighted by Gasteiger charge is 1.98. The van der Waals surface area contributed by atoms with Gasteiger partial charge >= 0.3 is 0 Å². The van der Waals surface area contributed by atoms with Crippen LogP contribution in [-0.4, -0.2) is 19.0 Å². The maximum absolute atomic E-state index is 8.88. The Labute approximate surface area is 120 Å². The zero-order chi connectivity index (χ0) is 14.4. The fourth-order valence-electron chi connectivity index (χ4n) is 2.05. The van der Waals surface area contributed by atoms with E-state index >= 15 is 0 Å². The fourth-order valence-corrected chi connectivity index (χ4v) is 2.05. The summed E-state index contributed by atoms with van der Waals surface area (Å²) in [5, 5.41) is 12.2. The van der Waals surface area contributed by atoms with Crippen molar-refractivity contribution in [1.29, 1.82) is 5.26 Å². The van der Waals surface area contributed by atoms with Crippen molar-refractivity contribution in [1.82, 2.24) is 4.90 Å². The lowest BCUT2D eigenvalue weighted by molar-refractivity contribution is 0.402. The second-order valence-corrected chi connectivity index (χ2v) is 5.10. The first kappa shape index (κ1) is 14.1. The second kappa shape index (κ2) is 6.74. The van der Waals surface area contributed by atoms with E-state index in [0.29, 0.717) is 5.56 Å². The molecule has 0 spiro atoms. The van der Waals surface area contributed by atoms with Gasteiger partial charge in [-0.25, -0.2) is 0 Å². The van der Waals surface area contributed by atoms with E-state index in [2.05, 4.69) is 54.6 Å². The van der Waals surface area contributed by atoms with Gasteiger partial charge in [0.05, 0.1) is 11.6 Å². The Morgan fingerprint density at radius 3 is 2.45 bits per heavy atom. The molecule has 0 amide bonds. The molecule has 0 fully saturated rings. The van der Waals surface area contributed by atoms with Crippen LogP contribution in [0.5, 0.6) is 0 Å². The van der Waals surface area contributed by atoms with Gasteiger partial charge in [0.2, 0.25) is 0 Å². The van der Waals surface area contributed by atoms with Gasteiger partial charge in [-0.15, -0.1) is 0 Å². The SMILES string of the molecule is CN(C)Cc1ccc(NCc2cccc(C#N)c2)cc1. The Hall–Kier alpha value is -2.31. The number of anilines is 1. The molecule has 2 aromatic rings. The predicted molar refractivity (Wildman–Crippen MR) is 82.3 cm³/mol. The van der Waals surface area contributed by atoms with Crippen LogP contribution in [0.3, 0.4) is 0 Å². The minimum absolute atomic E-state index is 0.700. The molecular formula is C17H19N3. The van der Waals surface area contributed by atoms with Crippen molar-refractivity contribution >= 4 is 5.69 Å². The number of hydrogen-bond acceptors (Lipinski definition) is 3. The lowest BCUT2D eigenvalue weighted by Gasteiger charge is -2.11. The molecule has 3 heteroatoms. The van der Waals surface area contributed by atoms with E-state index in [0.717, 1.165) is 24.3 Å². The minimum atomic E-state index is 0.700. The largest absolute Gasteiger partial charge is 0.381 e. The van der Waals surface area contributed by atoms with E-state index in [1.54, 1.807) is 0 Å². The quantitative estimate of drug-likeness (QED) is 0.902. The van der Waals surface area contributed by atoms with E-state index in [-0.39, 0.29) is 0 Å². The zero-order valence-electron chi connectivity index (χ0n) is 11.9. The second-order valence-electron chi connectivity index (χ2n) is 5.10. The molecular weight excluding hydrogens is 246 g/mol. The van der Waals surface area contributed by atoms with Crippen molar-refractivity contribution in [2.45, 2.75) is 13.1 Å². The number of rotatable bonds is 5. The predicted octanol–water partition coefficient (Wildman–Crippen LogP) is 3.23. The van der Waals surface area contributed by atoms with Crippen molar-refractivity contribution in [2.24, 2.45) is 0 Å². The molecule has 0 saturated carbocycles. The highest BCUT2D eigenvalue weighted by atomic mass is 15.0. The van der Waals surface area contributed by atoms with Gasteiger partial charge in [-0.1, -0.05) is 24.3 Å². The van der Waals surface area contributed by atoms with Gasteiger partial charge in [0.25, 0.3) is 0 Å². The molecule has 0 aromatic heterocycles. The smallest absolute Gasteiger partial charge is 0.0991 e. The molecule has 2 aromatic carbocycles. The monoisotopic (exact) mass is 265 g/mol. The van der Waals surface area contributed by atoms with Crippen LogP contribution in [0.25, 0.3) is 0 Å². The maximum atomic E-state index is 8.88. The van der Waals surface area contributed by atoms with Gasteiger partial charge in [0, 0.05) is 18.8 Å². The summed E-state index contributed by atoms with van der Waals surface area (Å²) in [6.07, 6.45) is 0. The van der Waals surface area contributed by atoms with E-state index in [1.807, 2.05) is 24.3 Å². The summed E-state index contributed by atoms with van der Waals surface area (Å²) in [7, 11) is 4.13. The molecule has 0 aliphatic carbocycles. The summed E-state index contributed by atoms with van der Waals surface area (Å²) in [4.78, 5) is 2.15. The molecule has 2 rings (SSSR count). The number of nitrogens with one attached hydrogen (secondary N) is 1. The lowest BCUT2D eigenvalue weighted by atomic mass is 10.1. The van der Waals surface area contributed by atoms with Gasteiger partial charge < -0.3 is 10.2 Å². The van der Waals surface area contributed by atoms with E-state index in [1.165, 1.54) is 5.56 Å². The highest BCUT2D eigenvalue weighted by molar-refractivity contribution is 5.45. The third-order valence-corrected chi connectivity index (χ3v) is 3.01. The van der Waals surface area contributed by atoms with Crippen LogP contribution in [0.15, 0.2) is 48.5 Å². The molecule has 20 heavy (non-hydrogen) atoms. The molecule has 0 saturated heterocycles. The van der Waals surface area contributed by atoms with Crippen LogP contribution in [0.2, 0.25) is 0 Å². The van der Waals surface area contributed by atoms with E-state index < -0.39 is 0 Å². The number of benzene rings is 2. The highest BCUT2D eigenvalue weighted by Crippen LogP contribution is 2.12. The van der Waals surface area contributed by atoms with Gasteiger partial charge in [-0.3, -0.25) is 0 Å². The average molecular weight is 265 g/mol. The topological polar surface area (TPSA) is 39.1 Å². The maximum Gasteiger partial charge on any atom is 0.0991 e. The van der Waals surface area contributed by atoms with Gasteiger partial charge in [-0.2, -0.15) is 5.26 Å². The normalized spacial score (nSPS) is 10.3. The molecule has 1 N–H and O–H groups in total. The molecule has 0 unspecified atom stereocenters. The van der Waals surface area contributed by atoms with Gasteiger partial charge in [0.1, 0.15) is 0 Å². The molecule has 0 radical (unpaired) electrons. The Morgan fingerprint density at radius 1 is 1.05 bits per heavy atom. The van der Waals surface area contributed by atoms with Crippen molar-refractivity contribution < 1.29 is 0 Å². The van der Waals surface area contributed by atoms with Crippen molar-refractivity contribution in [3.8, 4) is 6.07 Å². The third kappa shape index (κ3) is 4.11. The first-order chi connectivity index (χ1) is 9.67. The Kier molecular flexibility index (Phi) is 4.75. The van der Waals surface area contributed by atoms with Gasteiger partial charge in [-0.05, 0) is 49.5 Å². The van der Waals surface area contributed by atoms with Crippen LogP contribution >= 0.6 is 0 Å². The van der Waals surface area contributed by atoms with Crippen LogP contribution in [0.1, 0.15) is 16.7 Å². The Morgan fingerprint density at radius 2 is 1.80 bits per heavy atom. The zero-order valence-corrected chi connectivity index (χ0v) is 11.9. The van der Waals surface area contributed by atoms with Crippen LogP contribution < -0.4 is 5.32 Å². The average Bonchev–Trinajstić information content (AvgIpc) is 2.46. The fraction of sp³-hybridized carbons (Fsp3) is 0.235. The molecule has 3 nitrogen and oxygen atoms in total. The molecule has 102 valence electrons. The Bertz CT molecular complexity index is 594. The molecule has 0 aliphatic heterocycles. The number of hydrogen-bond donors (Lipinski definition) is 1. The molecule has 0 bridgehead atoms. The van der Waals surface area contributed by atoms with Crippen molar-refractivity contribution in [2.75, 3.05) is 19.4 Å². The summed E-state index contributed by atoms with van der Waals surface area (Å²) < 4.78 is 0. The lowest BCUT2D eigenvalue weighted by Crippen LogP contribution is -2.10. The van der Waals surface area contributed by atoms with E-state index in [4.69, 9.17) is 5.26 Å². The first-order valence-electron chi connectivity index (χ1n) is 6.64. The van der Waals surface area contributed by atoms with Crippen LogP contribution in [0.4, 0.5) is 5.69 Å². The molecule has 0 aliphatic rings. The summed E-state index contributed by atoms with van der Waals surface area (Å²) in [5.74, 6) is 0. The Balaban J connectivity index is 1.95. The van der Waals surface area contributed by atoms with Gasteiger partial charge in [0.15, 0.2) is 0 Å².